The van der Waals surface area contributed by atoms with Crippen molar-refractivity contribution in [2.45, 2.75) is 26.1 Å². The highest BCUT2D eigenvalue weighted by Gasteiger charge is 2.14. The Bertz CT molecular complexity index is 996. The number of hydrogen-bond acceptors (Lipinski definition) is 6. The summed E-state index contributed by atoms with van der Waals surface area (Å²) >= 11 is 1.64. The second-order valence-electron chi connectivity index (χ2n) is 6.46. The fourth-order valence-corrected chi connectivity index (χ4v) is 3.73. The van der Waals surface area contributed by atoms with Crippen molar-refractivity contribution in [3.63, 3.8) is 0 Å². The van der Waals surface area contributed by atoms with Crippen LogP contribution in [0.15, 0.2) is 54.7 Å². The molecule has 146 valence electrons. The van der Waals surface area contributed by atoms with Crippen LogP contribution in [0.5, 0.6) is 11.5 Å². The number of nitrogens with zero attached hydrogens (tertiary/aromatic N) is 4. The van der Waals surface area contributed by atoms with Crippen molar-refractivity contribution in [2.24, 2.45) is 0 Å². The number of fused-ring (bicyclic) bond motifs is 1. The van der Waals surface area contributed by atoms with Gasteiger partial charge in [-0.15, -0.1) is 11.3 Å². The van der Waals surface area contributed by atoms with Crippen LogP contribution < -0.4 is 14.8 Å². The zero-order valence-corrected chi connectivity index (χ0v) is 16.7. The monoisotopic (exact) mass is 397 g/mol. The summed E-state index contributed by atoms with van der Waals surface area (Å²) in [5.74, 6) is 1.51. The molecular weight excluding hydrogens is 374 g/mol. The SMILES string of the molecule is COc1cccc(CN[C@H](C)c2cn3ccsc3n2)c1OCCn1ccnc1. The van der Waals surface area contributed by atoms with Crippen molar-refractivity contribution in [2.75, 3.05) is 13.7 Å². The van der Waals surface area contributed by atoms with Crippen LogP contribution in [0.2, 0.25) is 0 Å². The molecule has 0 saturated heterocycles. The summed E-state index contributed by atoms with van der Waals surface area (Å²) in [6, 6.07) is 6.08. The first-order chi connectivity index (χ1) is 13.7. The van der Waals surface area contributed by atoms with Gasteiger partial charge >= 0.3 is 0 Å². The lowest BCUT2D eigenvalue weighted by Gasteiger charge is -2.17. The Balaban J connectivity index is 1.43. The van der Waals surface area contributed by atoms with Crippen LogP contribution in [0.1, 0.15) is 24.2 Å². The van der Waals surface area contributed by atoms with Gasteiger partial charge in [-0.1, -0.05) is 12.1 Å². The van der Waals surface area contributed by atoms with Gasteiger partial charge in [-0.05, 0) is 13.0 Å². The minimum absolute atomic E-state index is 0.122. The molecule has 0 aliphatic carbocycles. The lowest BCUT2D eigenvalue weighted by Crippen LogP contribution is -2.19. The molecule has 0 saturated carbocycles. The first-order valence-electron chi connectivity index (χ1n) is 9.14. The Morgan fingerprint density at radius 1 is 1.29 bits per heavy atom. The van der Waals surface area contributed by atoms with Gasteiger partial charge in [0.15, 0.2) is 16.5 Å². The largest absolute Gasteiger partial charge is 0.493 e. The van der Waals surface area contributed by atoms with Gasteiger partial charge in [0.05, 0.1) is 25.7 Å². The van der Waals surface area contributed by atoms with E-state index in [0.29, 0.717) is 13.2 Å². The summed E-state index contributed by atoms with van der Waals surface area (Å²) in [4.78, 5) is 9.74. The number of ether oxygens (including phenoxy) is 2. The third-order valence-corrected chi connectivity index (χ3v) is 5.36. The maximum atomic E-state index is 6.07. The highest BCUT2D eigenvalue weighted by atomic mass is 32.1. The van der Waals surface area contributed by atoms with E-state index in [1.807, 2.05) is 38.9 Å². The molecule has 1 aromatic carbocycles. The van der Waals surface area contributed by atoms with Gasteiger partial charge in [-0.2, -0.15) is 0 Å². The number of imidazole rings is 2. The Labute approximate surface area is 167 Å². The number of para-hydroxylation sites is 1. The number of aromatic nitrogens is 4. The minimum atomic E-state index is 0.122. The molecule has 7 nitrogen and oxygen atoms in total. The molecule has 4 rings (SSSR count). The summed E-state index contributed by atoms with van der Waals surface area (Å²) in [6.45, 7) is 4.04. The van der Waals surface area contributed by atoms with Gasteiger partial charge in [0.1, 0.15) is 6.61 Å². The van der Waals surface area contributed by atoms with Crippen LogP contribution in [0.4, 0.5) is 0 Å². The Hall–Kier alpha value is -2.84. The quantitative estimate of drug-likeness (QED) is 0.468. The summed E-state index contributed by atoms with van der Waals surface area (Å²) in [5, 5.41) is 5.58. The van der Waals surface area contributed by atoms with E-state index in [2.05, 4.69) is 34.5 Å². The van der Waals surface area contributed by atoms with Gasteiger partial charge in [-0.3, -0.25) is 4.40 Å². The Morgan fingerprint density at radius 2 is 2.21 bits per heavy atom. The average Bonchev–Trinajstić information content (AvgIpc) is 3.44. The van der Waals surface area contributed by atoms with Crippen LogP contribution in [-0.2, 0) is 13.1 Å². The Kier molecular flexibility index (Phi) is 5.59. The molecule has 3 heterocycles. The third kappa shape index (κ3) is 4.02. The molecule has 0 amide bonds. The predicted molar refractivity (Wildman–Crippen MR) is 109 cm³/mol. The fraction of sp³-hybridized carbons (Fsp3) is 0.300. The average molecular weight is 398 g/mol. The van der Waals surface area contributed by atoms with E-state index >= 15 is 0 Å². The maximum absolute atomic E-state index is 6.07. The second kappa shape index (κ2) is 8.45. The number of benzene rings is 1. The number of methoxy groups -OCH3 is 1. The zero-order valence-electron chi connectivity index (χ0n) is 15.9. The summed E-state index contributed by atoms with van der Waals surface area (Å²) in [5.41, 5.74) is 2.08. The number of nitrogens with one attached hydrogen (secondary N) is 1. The number of hydrogen-bond donors (Lipinski definition) is 1. The Morgan fingerprint density at radius 3 is 3.00 bits per heavy atom. The summed E-state index contributed by atoms with van der Waals surface area (Å²) < 4.78 is 15.6. The van der Waals surface area contributed by atoms with Gasteiger partial charge in [0, 0.05) is 48.3 Å². The van der Waals surface area contributed by atoms with Gasteiger partial charge < -0.3 is 19.4 Å². The van der Waals surface area contributed by atoms with E-state index in [1.165, 1.54) is 0 Å². The van der Waals surface area contributed by atoms with Crippen molar-refractivity contribution in [1.29, 1.82) is 0 Å². The maximum Gasteiger partial charge on any atom is 0.193 e. The molecule has 28 heavy (non-hydrogen) atoms. The molecule has 1 atom stereocenters. The highest BCUT2D eigenvalue weighted by Crippen LogP contribution is 2.31. The van der Waals surface area contributed by atoms with Gasteiger partial charge in [-0.25, -0.2) is 9.97 Å². The molecule has 1 N–H and O–H groups in total. The lowest BCUT2D eigenvalue weighted by atomic mass is 10.1. The standard InChI is InChI=1S/C20H23N5O2S/c1-15(17-13-25-9-11-28-20(25)23-17)22-12-16-4-3-5-18(26-2)19(16)27-10-8-24-7-6-21-14-24/h3-7,9,11,13-15,22H,8,10,12H2,1-2H3/t15-/m1/s1. The van der Waals surface area contributed by atoms with Gasteiger partial charge in [0.2, 0.25) is 0 Å². The molecular formula is C20H23N5O2S. The van der Waals surface area contributed by atoms with Crippen LogP contribution in [0.3, 0.4) is 0 Å². The first-order valence-corrected chi connectivity index (χ1v) is 10.0. The van der Waals surface area contributed by atoms with E-state index in [4.69, 9.17) is 9.47 Å². The summed E-state index contributed by atoms with van der Waals surface area (Å²) in [6.07, 6.45) is 9.56. The van der Waals surface area contributed by atoms with Gasteiger partial charge in [0.25, 0.3) is 0 Å². The van der Waals surface area contributed by atoms with Crippen molar-refractivity contribution in [1.82, 2.24) is 24.3 Å². The number of rotatable bonds is 9. The van der Waals surface area contributed by atoms with Crippen LogP contribution in [0, 0.1) is 0 Å². The normalized spacial score (nSPS) is 12.4. The smallest absolute Gasteiger partial charge is 0.193 e. The molecule has 0 bridgehead atoms. The van der Waals surface area contributed by atoms with E-state index < -0.39 is 0 Å². The van der Waals surface area contributed by atoms with Crippen molar-refractivity contribution in [3.8, 4) is 11.5 Å². The lowest BCUT2D eigenvalue weighted by molar-refractivity contribution is 0.276. The molecule has 8 heteroatoms. The van der Waals surface area contributed by atoms with Crippen LogP contribution in [-0.4, -0.2) is 32.7 Å². The minimum Gasteiger partial charge on any atom is -0.493 e. The number of thiazole rings is 1. The molecule has 0 spiro atoms. The molecule has 0 aliphatic heterocycles. The molecule has 0 fully saturated rings. The van der Waals surface area contributed by atoms with Crippen LogP contribution in [0.25, 0.3) is 4.96 Å². The van der Waals surface area contributed by atoms with E-state index in [1.54, 1.807) is 31.0 Å². The molecule has 3 aromatic heterocycles. The van der Waals surface area contributed by atoms with E-state index in [9.17, 15) is 0 Å². The van der Waals surface area contributed by atoms with Crippen molar-refractivity contribution >= 4 is 16.3 Å². The predicted octanol–water partition coefficient (Wildman–Crippen LogP) is 3.53. The highest BCUT2D eigenvalue weighted by molar-refractivity contribution is 7.15. The van der Waals surface area contributed by atoms with Crippen molar-refractivity contribution in [3.05, 3.63) is 66.0 Å². The van der Waals surface area contributed by atoms with Crippen molar-refractivity contribution < 1.29 is 9.47 Å². The topological polar surface area (TPSA) is 65.6 Å². The first kappa shape index (κ1) is 18.5. The molecule has 0 radical (unpaired) electrons. The van der Waals surface area contributed by atoms with Crippen LogP contribution >= 0.6 is 11.3 Å². The van der Waals surface area contributed by atoms with E-state index in [0.717, 1.165) is 34.3 Å². The fourth-order valence-electron chi connectivity index (χ4n) is 3.02. The molecule has 0 aliphatic rings. The second-order valence-corrected chi connectivity index (χ2v) is 7.33. The molecule has 4 aromatic rings. The zero-order chi connectivity index (χ0) is 19.3. The van der Waals surface area contributed by atoms with E-state index in [-0.39, 0.29) is 6.04 Å². The summed E-state index contributed by atoms with van der Waals surface area (Å²) in [7, 11) is 1.66. The molecule has 0 unspecified atom stereocenters. The third-order valence-electron chi connectivity index (χ3n) is 4.59.